The van der Waals surface area contributed by atoms with Crippen molar-refractivity contribution < 1.29 is 14.3 Å². The second-order valence-electron chi connectivity index (χ2n) is 6.84. The molecule has 0 aromatic heterocycles. The molecule has 0 atom stereocenters. The predicted octanol–water partition coefficient (Wildman–Crippen LogP) is 4.07. The molecule has 1 saturated heterocycles. The molecule has 0 saturated carbocycles. The lowest BCUT2D eigenvalue weighted by atomic mass is 10.0. The molecule has 1 aromatic carbocycles. The monoisotopic (exact) mass is 464 g/mol. The molecule has 1 N–H and O–H groups in total. The van der Waals surface area contributed by atoms with Gasteiger partial charge in [0.05, 0.1) is 5.56 Å². The van der Waals surface area contributed by atoms with Crippen LogP contribution in [0.5, 0.6) is 0 Å². The number of benzene rings is 1. The Hall–Kier alpha value is -1.02. The molecular weight excluding hydrogens is 443 g/mol. The summed E-state index contributed by atoms with van der Waals surface area (Å²) in [5, 5.41) is 3.65. The van der Waals surface area contributed by atoms with Gasteiger partial charge in [0.2, 0.25) is 0 Å². The zero-order valence-corrected chi connectivity index (χ0v) is 17.0. The number of piperidine rings is 1. The van der Waals surface area contributed by atoms with E-state index in [9.17, 15) is 9.59 Å². The highest BCUT2D eigenvalue weighted by Crippen LogP contribution is 2.19. The van der Waals surface area contributed by atoms with Crippen molar-refractivity contribution in [1.29, 1.82) is 0 Å². The van der Waals surface area contributed by atoms with Gasteiger partial charge in [-0.3, -0.25) is 4.79 Å². The molecule has 5 nitrogen and oxygen atoms in total. The smallest absolute Gasteiger partial charge is 0.410 e. The molecular formula is C17H22ClIN2O3. The Morgan fingerprint density at radius 2 is 1.92 bits per heavy atom. The first-order valence-corrected chi connectivity index (χ1v) is 9.35. The van der Waals surface area contributed by atoms with Gasteiger partial charge in [0.15, 0.2) is 0 Å². The number of rotatable bonds is 2. The number of carbonyl (C=O) groups excluding carboxylic acids is 2. The highest BCUT2D eigenvalue weighted by Gasteiger charge is 2.27. The summed E-state index contributed by atoms with van der Waals surface area (Å²) in [5.74, 6) is -0.105. The Bertz CT molecular complexity index is 623. The van der Waals surface area contributed by atoms with E-state index in [1.807, 2.05) is 20.8 Å². The van der Waals surface area contributed by atoms with Crippen LogP contribution in [0.3, 0.4) is 0 Å². The number of ether oxygens (including phenoxy) is 1. The Balaban J connectivity index is 1.86. The number of hydrogen-bond acceptors (Lipinski definition) is 3. The van der Waals surface area contributed by atoms with Crippen molar-refractivity contribution in [3.8, 4) is 0 Å². The Morgan fingerprint density at radius 1 is 1.29 bits per heavy atom. The lowest BCUT2D eigenvalue weighted by Gasteiger charge is -2.33. The lowest BCUT2D eigenvalue weighted by Crippen LogP contribution is -2.47. The van der Waals surface area contributed by atoms with E-state index in [1.165, 1.54) is 0 Å². The molecule has 1 aliphatic rings. The van der Waals surface area contributed by atoms with Crippen molar-refractivity contribution >= 4 is 46.2 Å². The minimum Gasteiger partial charge on any atom is -0.444 e. The fraction of sp³-hybridized carbons (Fsp3) is 0.529. The summed E-state index contributed by atoms with van der Waals surface area (Å²) < 4.78 is 6.20. The Morgan fingerprint density at radius 3 is 2.46 bits per heavy atom. The highest BCUT2D eigenvalue weighted by atomic mass is 127. The lowest BCUT2D eigenvalue weighted by molar-refractivity contribution is 0.0199. The van der Waals surface area contributed by atoms with E-state index in [0.717, 1.165) is 16.4 Å². The van der Waals surface area contributed by atoms with Gasteiger partial charge >= 0.3 is 6.09 Å². The van der Waals surface area contributed by atoms with E-state index in [4.69, 9.17) is 16.3 Å². The normalized spacial score (nSPS) is 16.0. The molecule has 1 aromatic rings. The van der Waals surface area contributed by atoms with Crippen molar-refractivity contribution in [2.24, 2.45) is 0 Å². The van der Waals surface area contributed by atoms with Gasteiger partial charge in [0, 0.05) is 27.7 Å². The SMILES string of the molecule is CC(C)(C)OC(=O)N1CCC(NC(=O)c2ccc(Cl)cc2I)CC1. The first kappa shape index (κ1) is 19.3. The van der Waals surface area contributed by atoms with Crippen LogP contribution >= 0.6 is 34.2 Å². The van der Waals surface area contributed by atoms with E-state index in [2.05, 4.69) is 27.9 Å². The van der Waals surface area contributed by atoms with Gasteiger partial charge < -0.3 is 15.0 Å². The second-order valence-corrected chi connectivity index (χ2v) is 8.44. The standard InChI is InChI=1S/C17H22ClIN2O3/c1-17(2,3)24-16(23)21-8-6-12(7-9-21)20-15(22)13-5-4-11(18)10-14(13)19/h4-5,10,12H,6-9H2,1-3H3,(H,20,22). The molecule has 0 spiro atoms. The van der Waals surface area contributed by atoms with Crippen LogP contribution < -0.4 is 5.32 Å². The van der Waals surface area contributed by atoms with Gasteiger partial charge in [0.1, 0.15) is 5.60 Å². The Kier molecular flexibility index (Phi) is 6.36. The molecule has 1 fully saturated rings. The number of likely N-dealkylation sites (tertiary alicyclic amines) is 1. The van der Waals surface area contributed by atoms with Gasteiger partial charge in [-0.05, 0) is 74.4 Å². The number of nitrogens with one attached hydrogen (secondary N) is 1. The largest absolute Gasteiger partial charge is 0.444 e. The van der Waals surface area contributed by atoms with Crippen molar-refractivity contribution in [2.45, 2.75) is 45.3 Å². The van der Waals surface area contributed by atoms with Crippen LogP contribution in [0.4, 0.5) is 4.79 Å². The molecule has 0 aliphatic carbocycles. The molecule has 0 radical (unpaired) electrons. The van der Waals surface area contributed by atoms with Gasteiger partial charge in [-0.2, -0.15) is 0 Å². The molecule has 1 aliphatic heterocycles. The first-order chi connectivity index (χ1) is 11.2. The van der Waals surface area contributed by atoms with Gasteiger partial charge in [-0.1, -0.05) is 11.6 Å². The number of nitrogens with zero attached hydrogens (tertiary/aromatic N) is 1. The van der Waals surface area contributed by atoms with E-state index < -0.39 is 5.60 Å². The molecule has 24 heavy (non-hydrogen) atoms. The Labute approximate surface area is 161 Å². The summed E-state index contributed by atoms with van der Waals surface area (Å²) in [6, 6.07) is 5.27. The van der Waals surface area contributed by atoms with Crippen LogP contribution in [0.2, 0.25) is 5.02 Å². The summed E-state index contributed by atoms with van der Waals surface area (Å²) in [5.41, 5.74) is 0.127. The maximum Gasteiger partial charge on any atom is 0.410 e. The number of amides is 2. The van der Waals surface area contributed by atoms with E-state index >= 15 is 0 Å². The minimum atomic E-state index is -0.493. The van der Waals surface area contributed by atoms with Crippen molar-refractivity contribution in [3.63, 3.8) is 0 Å². The van der Waals surface area contributed by atoms with E-state index in [1.54, 1.807) is 23.1 Å². The quantitative estimate of drug-likeness (QED) is 0.671. The van der Waals surface area contributed by atoms with Crippen LogP contribution in [0, 0.1) is 3.57 Å². The van der Waals surface area contributed by atoms with E-state index in [-0.39, 0.29) is 18.0 Å². The molecule has 0 bridgehead atoms. The number of carbonyl (C=O) groups is 2. The van der Waals surface area contributed by atoms with Gasteiger partial charge in [0.25, 0.3) is 5.91 Å². The second kappa shape index (κ2) is 7.91. The molecule has 1 heterocycles. The van der Waals surface area contributed by atoms with Crippen molar-refractivity contribution in [1.82, 2.24) is 10.2 Å². The summed E-state index contributed by atoms with van der Waals surface area (Å²) in [6.45, 7) is 6.72. The van der Waals surface area contributed by atoms with Crippen LogP contribution in [0.25, 0.3) is 0 Å². The van der Waals surface area contributed by atoms with Crippen LogP contribution in [0.1, 0.15) is 44.0 Å². The molecule has 132 valence electrons. The maximum atomic E-state index is 12.4. The molecule has 2 amide bonds. The summed E-state index contributed by atoms with van der Waals surface area (Å²) >= 11 is 8.02. The fourth-order valence-corrected chi connectivity index (χ4v) is 3.59. The van der Waals surface area contributed by atoms with Crippen LogP contribution in [0.15, 0.2) is 18.2 Å². The summed E-state index contributed by atoms with van der Waals surface area (Å²) in [7, 11) is 0. The number of halogens is 2. The van der Waals surface area contributed by atoms with Gasteiger partial charge in [-0.15, -0.1) is 0 Å². The zero-order valence-electron chi connectivity index (χ0n) is 14.1. The average Bonchev–Trinajstić information content (AvgIpc) is 2.45. The summed E-state index contributed by atoms with van der Waals surface area (Å²) in [4.78, 5) is 26.1. The van der Waals surface area contributed by atoms with Gasteiger partial charge in [-0.25, -0.2) is 4.79 Å². The topological polar surface area (TPSA) is 58.6 Å². The first-order valence-electron chi connectivity index (χ1n) is 7.89. The molecule has 7 heteroatoms. The van der Waals surface area contributed by atoms with Crippen LogP contribution in [-0.2, 0) is 4.74 Å². The minimum absolute atomic E-state index is 0.0580. The summed E-state index contributed by atoms with van der Waals surface area (Å²) in [6.07, 6.45) is 1.14. The maximum absolute atomic E-state index is 12.4. The highest BCUT2D eigenvalue weighted by molar-refractivity contribution is 14.1. The molecule has 2 rings (SSSR count). The van der Waals surface area contributed by atoms with Crippen molar-refractivity contribution in [2.75, 3.05) is 13.1 Å². The average molecular weight is 465 g/mol. The molecule has 0 unspecified atom stereocenters. The van der Waals surface area contributed by atoms with Crippen molar-refractivity contribution in [3.05, 3.63) is 32.4 Å². The fourth-order valence-electron chi connectivity index (χ4n) is 2.47. The third-order valence-corrected chi connectivity index (χ3v) is 4.79. The van der Waals surface area contributed by atoms with E-state index in [0.29, 0.717) is 23.7 Å². The zero-order chi connectivity index (χ0) is 17.9. The number of hydrogen-bond donors (Lipinski definition) is 1. The van der Waals surface area contributed by atoms with Crippen LogP contribution in [-0.4, -0.2) is 41.6 Å². The third kappa shape index (κ3) is 5.51. The predicted molar refractivity (Wildman–Crippen MR) is 102 cm³/mol. The third-order valence-electron chi connectivity index (χ3n) is 3.66.